The van der Waals surface area contributed by atoms with Gasteiger partial charge in [-0.1, -0.05) is 292 Å². The van der Waals surface area contributed by atoms with Crippen molar-refractivity contribution in [1.82, 2.24) is 15.1 Å². The Morgan fingerprint density at radius 1 is 0.494 bits per heavy atom. The summed E-state index contributed by atoms with van der Waals surface area (Å²) in [5.74, 6) is 6.34. The molecule has 1 aliphatic heterocycles. The molecule has 3 aliphatic rings. The number of unbranched alkanes of at least 4 members (excludes halogenated alkanes) is 31. The van der Waals surface area contributed by atoms with Crippen molar-refractivity contribution in [3.8, 4) is 0 Å². The van der Waals surface area contributed by atoms with Gasteiger partial charge in [0.05, 0.1) is 0 Å². The van der Waals surface area contributed by atoms with Crippen molar-refractivity contribution in [3.63, 3.8) is 0 Å². The third-order valence-electron chi connectivity index (χ3n) is 21.4. The molecule has 0 aromatic carbocycles. The Kier molecular flexibility index (Phi) is 45.0. The van der Waals surface area contributed by atoms with Gasteiger partial charge in [0.2, 0.25) is 11.8 Å². The van der Waals surface area contributed by atoms with Gasteiger partial charge in [0.15, 0.2) is 0 Å². The van der Waals surface area contributed by atoms with Crippen LogP contribution in [0.25, 0.3) is 0 Å². The van der Waals surface area contributed by atoms with E-state index in [0.29, 0.717) is 25.2 Å². The third kappa shape index (κ3) is 32.5. The topological polar surface area (TPSA) is 104 Å². The molecule has 8 heteroatoms. The lowest BCUT2D eigenvalue weighted by molar-refractivity contribution is -0.138. The van der Waals surface area contributed by atoms with E-state index in [9.17, 15) is 24.0 Å². The molecular weight excluding hydrogens is 1050 g/mol. The summed E-state index contributed by atoms with van der Waals surface area (Å²) in [5, 5.41) is 3.15. The van der Waals surface area contributed by atoms with Crippen LogP contribution in [-0.2, 0) is 24.0 Å². The Balaban J connectivity index is 1.45. The number of aldehydes is 1. The lowest BCUT2D eigenvalue weighted by atomic mass is 9.61. The van der Waals surface area contributed by atoms with Crippen LogP contribution in [0.2, 0.25) is 0 Å². The summed E-state index contributed by atoms with van der Waals surface area (Å²) in [6.45, 7) is 19.2. The van der Waals surface area contributed by atoms with Crippen LogP contribution < -0.4 is 5.32 Å². The van der Waals surface area contributed by atoms with Crippen LogP contribution >= 0.6 is 0 Å². The van der Waals surface area contributed by atoms with E-state index in [1.165, 1.54) is 287 Å². The van der Waals surface area contributed by atoms with Gasteiger partial charge < -0.3 is 15.0 Å². The minimum absolute atomic E-state index is 0.0122. The van der Waals surface area contributed by atoms with E-state index in [1.807, 2.05) is 0 Å². The van der Waals surface area contributed by atoms with Gasteiger partial charge in [-0.3, -0.25) is 24.1 Å². The molecule has 85 heavy (non-hydrogen) atoms. The van der Waals surface area contributed by atoms with E-state index < -0.39 is 6.04 Å². The smallest absolute Gasteiger partial charge is 0.253 e. The number of nitrogens with zero attached hydrogens (tertiary/aromatic N) is 2. The monoisotopic (exact) mass is 1190 g/mol. The summed E-state index contributed by atoms with van der Waals surface area (Å²) in [5.41, 5.74) is 0.416. The maximum atomic E-state index is 13.8. The predicted octanol–water partition coefficient (Wildman–Crippen LogP) is 21.6. The van der Waals surface area contributed by atoms with Gasteiger partial charge in [-0.2, -0.15) is 0 Å². The molecular formula is C77H139N3O5. The molecule has 1 N–H and O–H groups in total. The number of carbonyl (C=O) groups is 5. The fourth-order valence-electron chi connectivity index (χ4n) is 16.2. The summed E-state index contributed by atoms with van der Waals surface area (Å²) < 4.78 is 0. The zero-order valence-electron chi connectivity index (χ0n) is 57.0. The van der Waals surface area contributed by atoms with Gasteiger partial charge in [0.1, 0.15) is 12.3 Å². The van der Waals surface area contributed by atoms with Gasteiger partial charge in [0, 0.05) is 43.8 Å². The molecule has 1 heterocycles. The number of hydrogen-bond donors (Lipinski definition) is 1. The van der Waals surface area contributed by atoms with Gasteiger partial charge in [0.25, 0.3) is 11.8 Å². The van der Waals surface area contributed by atoms with Crippen molar-refractivity contribution < 1.29 is 24.0 Å². The van der Waals surface area contributed by atoms with Crippen molar-refractivity contribution in [1.29, 1.82) is 0 Å². The molecule has 0 bridgehead atoms. The molecule has 2 aliphatic carbocycles. The van der Waals surface area contributed by atoms with E-state index >= 15 is 0 Å². The molecule has 2 fully saturated rings. The SMILES string of the molecule is C=C(C)C(=O)N(CCCCCCCCC1C(C)CCC(CCCCCC)C1CCCCCCCC)C(CC=O)C(=O)NCCCCCCCCC1C(CCCCCCCCN2C(=O)C=CC2=O)CCC(CCCCCC)C1CCCCCCCC. The summed E-state index contributed by atoms with van der Waals surface area (Å²) in [6.07, 6.45) is 67.7. The number of hydrogen-bond acceptors (Lipinski definition) is 5. The first-order valence-electron chi connectivity index (χ1n) is 37.7. The van der Waals surface area contributed by atoms with Crippen LogP contribution in [0, 0.1) is 47.3 Å². The minimum Gasteiger partial charge on any atom is -0.354 e. The molecule has 0 saturated heterocycles. The average molecular weight is 1190 g/mol. The Hall–Kier alpha value is -2.77. The number of carbonyl (C=O) groups excluding carboxylic acids is 5. The van der Waals surface area contributed by atoms with Crippen LogP contribution in [-0.4, -0.2) is 65.4 Å². The number of nitrogens with one attached hydrogen (secondary N) is 1. The zero-order chi connectivity index (χ0) is 61.5. The van der Waals surface area contributed by atoms with Gasteiger partial charge in [-0.05, 0) is 118 Å². The second kappa shape index (κ2) is 50.0. The molecule has 492 valence electrons. The van der Waals surface area contributed by atoms with E-state index in [1.54, 1.807) is 11.8 Å². The van der Waals surface area contributed by atoms with Crippen molar-refractivity contribution >= 4 is 29.9 Å². The van der Waals surface area contributed by atoms with Crippen molar-refractivity contribution in [3.05, 3.63) is 24.3 Å². The highest BCUT2D eigenvalue weighted by Crippen LogP contribution is 2.49. The second-order valence-corrected chi connectivity index (χ2v) is 28.3. The molecule has 9 unspecified atom stereocenters. The number of rotatable bonds is 56. The maximum absolute atomic E-state index is 13.8. The zero-order valence-corrected chi connectivity index (χ0v) is 57.0. The fraction of sp³-hybridized carbons (Fsp3) is 0.883. The first-order valence-corrected chi connectivity index (χ1v) is 37.7. The molecule has 9 atom stereocenters. The van der Waals surface area contributed by atoms with Gasteiger partial charge in [-0.15, -0.1) is 0 Å². The Morgan fingerprint density at radius 2 is 0.835 bits per heavy atom. The van der Waals surface area contributed by atoms with Crippen LogP contribution in [0.4, 0.5) is 0 Å². The third-order valence-corrected chi connectivity index (χ3v) is 21.4. The lowest BCUT2D eigenvalue weighted by Crippen LogP contribution is -2.50. The van der Waals surface area contributed by atoms with E-state index in [0.717, 1.165) is 98.6 Å². The number of amides is 4. The molecule has 4 amide bonds. The van der Waals surface area contributed by atoms with Gasteiger partial charge >= 0.3 is 0 Å². The highest BCUT2D eigenvalue weighted by Gasteiger charge is 2.39. The van der Waals surface area contributed by atoms with Crippen LogP contribution in [0.15, 0.2) is 24.3 Å². The first-order chi connectivity index (χ1) is 41.5. The minimum atomic E-state index is -0.793. The van der Waals surface area contributed by atoms with Crippen molar-refractivity contribution in [2.24, 2.45) is 47.3 Å². The molecule has 2 saturated carbocycles. The quantitative estimate of drug-likeness (QED) is 0.0283. The first kappa shape index (κ1) is 76.5. The van der Waals surface area contributed by atoms with Crippen molar-refractivity contribution in [2.75, 3.05) is 19.6 Å². The summed E-state index contributed by atoms with van der Waals surface area (Å²) in [4.78, 5) is 66.3. The molecule has 3 rings (SSSR count). The molecule has 0 aromatic heterocycles. The van der Waals surface area contributed by atoms with Crippen molar-refractivity contribution in [2.45, 2.75) is 369 Å². The van der Waals surface area contributed by atoms with Crippen LogP contribution in [0.3, 0.4) is 0 Å². The summed E-state index contributed by atoms with van der Waals surface area (Å²) in [7, 11) is 0. The summed E-state index contributed by atoms with van der Waals surface area (Å²) >= 11 is 0. The Bertz CT molecular complexity index is 1740. The van der Waals surface area contributed by atoms with E-state index in [2.05, 4.69) is 46.5 Å². The predicted molar refractivity (Wildman–Crippen MR) is 362 cm³/mol. The average Bonchev–Trinajstić information content (AvgIpc) is 3.95. The van der Waals surface area contributed by atoms with Crippen LogP contribution in [0.5, 0.6) is 0 Å². The van der Waals surface area contributed by atoms with Crippen LogP contribution in [0.1, 0.15) is 363 Å². The molecule has 8 nitrogen and oxygen atoms in total. The molecule has 0 aromatic rings. The normalized spacial score (nSPS) is 21.9. The molecule has 0 radical (unpaired) electrons. The fourth-order valence-corrected chi connectivity index (χ4v) is 16.2. The van der Waals surface area contributed by atoms with Gasteiger partial charge in [-0.25, -0.2) is 0 Å². The molecule has 0 spiro atoms. The number of imide groups is 1. The Labute approximate surface area is 526 Å². The highest BCUT2D eigenvalue weighted by atomic mass is 16.2. The summed E-state index contributed by atoms with van der Waals surface area (Å²) in [6, 6.07) is -0.793. The van der Waals surface area contributed by atoms with E-state index in [4.69, 9.17) is 0 Å². The second-order valence-electron chi connectivity index (χ2n) is 28.3. The van der Waals surface area contributed by atoms with E-state index in [-0.39, 0.29) is 30.0 Å². The highest BCUT2D eigenvalue weighted by molar-refractivity contribution is 6.12. The largest absolute Gasteiger partial charge is 0.354 e. The Morgan fingerprint density at radius 3 is 1.26 bits per heavy atom. The maximum Gasteiger partial charge on any atom is 0.253 e. The lowest BCUT2D eigenvalue weighted by Gasteiger charge is -2.44. The standard InChI is InChI=1S/C77H139N3O5/c1-8-12-16-20-29-40-50-70-66(46-36-18-14-10-3)54-53-65(7)69(70)49-39-31-24-27-34-44-61-79(77(85)64(5)6)73(59-63-81)76(84)78-60-43-33-25-22-32-42-52-72-68(48-38-28-23-26-35-45-62-80-74(82)57-58-75(80)83)56-55-67(47-37-19-15-11-4)71(72)51-41-30-21-17-13-9-2/h57-58,63,65-73H,5,8-56,59-62H2,1-4,6-7H3,(H,78,84).